The van der Waals surface area contributed by atoms with Gasteiger partial charge in [-0.05, 0) is 31.4 Å². The minimum Gasteiger partial charge on any atom is -0.371 e. The van der Waals surface area contributed by atoms with Gasteiger partial charge in [-0.25, -0.2) is 13.8 Å². The van der Waals surface area contributed by atoms with Gasteiger partial charge in [0, 0.05) is 37.6 Å². The second-order valence-electron chi connectivity index (χ2n) is 5.63. The molecule has 0 amide bonds. The highest BCUT2D eigenvalue weighted by Gasteiger charge is 2.23. The highest BCUT2D eigenvalue weighted by Crippen LogP contribution is 2.25. The first-order valence-electron chi connectivity index (χ1n) is 7.34. The van der Waals surface area contributed by atoms with Gasteiger partial charge in [0.2, 0.25) is 0 Å². The molecule has 1 atom stereocenters. The number of nitrogens with one attached hydrogen (secondary N) is 1. The third-order valence-corrected chi connectivity index (χ3v) is 3.88. The molecule has 2 aromatic rings. The molecular weight excluding hydrogens is 286 g/mol. The van der Waals surface area contributed by atoms with Gasteiger partial charge in [0.15, 0.2) is 11.6 Å². The Bertz CT molecular complexity index is 662. The molecule has 6 heteroatoms. The Morgan fingerprint density at radius 1 is 1.27 bits per heavy atom. The molecule has 1 aliphatic heterocycles. The molecule has 0 saturated carbocycles. The third kappa shape index (κ3) is 3.32. The van der Waals surface area contributed by atoms with E-state index in [9.17, 15) is 8.78 Å². The Labute approximate surface area is 128 Å². The lowest BCUT2D eigenvalue weighted by Crippen LogP contribution is -2.22. The molecule has 0 aliphatic carbocycles. The summed E-state index contributed by atoms with van der Waals surface area (Å²) in [5.41, 5.74) is 1.61. The Morgan fingerprint density at radius 3 is 2.91 bits per heavy atom. The van der Waals surface area contributed by atoms with Crippen LogP contribution < -0.4 is 10.2 Å². The predicted octanol–water partition coefficient (Wildman–Crippen LogP) is 3.00. The zero-order valence-corrected chi connectivity index (χ0v) is 12.4. The van der Waals surface area contributed by atoms with E-state index in [0.717, 1.165) is 43.3 Å². The lowest BCUT2D eigenvalue weighted by molar-refractivity contribution is 0.508. The number of nitrogens with zero attached hydrogens (tertiary/aromatic N) is 3. The van der Waals surface area contributed by atoms with Crippen molar-refractivity contribution in [3.05, 3.63) is 47.9 Å². The summed E-state index contributed by atoms with van der Waals surface area (Å²) >= 11 is 0. The van der Waals surface area contributed by atoms with Crippen molar-refractivity contribution in [1.29, 1.82) is 0 Å². The van der Waals surface area contributed by atoms with Crippen LogP contribution in [0.4, 0.5) is 20.3 Å². The second kappa shape index (κ2) is 6.25. The number of aryl methyl sites for hydroxylation is 1. The van der Waals surface area contributed by atoms with Crippen molar-refractivity contribution in [2.45, 2.75) is 13.3 Å². The summed E-state index contributed by atoms with van der Waals surface area (Å²) in [6, 6.07) is 4.07. The number of anilines is 2. The van der Waals surface area contributed by atoms with E-state index < -0.39 is 11.6 Å². The van der Waals surface area contributed by atoms with Crippen LogP contribution >= 0.6 is 0 Å². The Morgan fingerprint density at radius 2 is 2.14 bits per heavy atom. The molecule has 1 aliphatic rings. The number of halogens is 2. The maximum Gasteiger partial charge on any atom is 0.160 e. The quantitative estimate of drug-likeness (QED) is 0.943. The molecule has 3 rings (SSSR count). The van der Waals surface area contributed by atoms with Gasteiger partial charge >= 0.3 is 0 Å². The van der Waals surface area contributed by atoms with Gasteiger partial charge in [-0.3, -0.25) is 4.98 Å². The number of benzene rings is 1. The number of rotatable bonds is 4. The minimum absolute atomic E-state index is 0.440. The van der Waals surface area contributed by atoms with Crippen LogP contribution in [0.3, 0.4) is 0 Å². The van der Waals surface area contributed by atoms with Crippen LogP contribution in [0.2, 0.25) is 0 Å². The molecule has 22 heavy (non-hydrogen) atoms. The molecule has 1 aromatic carbocycles. The normalized spacial score (nSPS) is 17.8. The maximum atomic E-state index is 13.3. The lowest BCUT2D eigenvalue weighted by Gasteiger charge is -2.19. The van der Waals surface area contributed by atoms with Gasteiger partial charge in [-0.1, -0.05) is 0 Å². The predicted molar refractivity (Wildman–Crippen MR) is 81.9 cm³/mol. The molecular formula is C16H18F2N4. The fourth-order valence-corrected chi connectivity index (χ4v) is 2.71. The van der Waals surface area contributed by atoms with E-state index >= 15 is 0 Å². The van der Waals surface area contributed by atoms with Gasteiger partial charge in [0.25, 0.3) is 0 Å². The highest BCUT2D eigenvalue weighted by molar-refractivity contribution is 5.48. The summed E-state index contributed by atoms with van der Waals surface area (Å²) in [7, 11) is 0. The summed E-state index contributed by atoms with van der Waals surface area (Å²) in [5.74, 6) is -0.394. The number of aromatic nitrogens is 2. The molecule has 0 radical (unpaired) electrons. The maximum absolute atomic E-state index is 13.3. The lowest BCUT2D eigenvalue weighted by atomic mass is 10.1. The molecule has 2 heterocycles. The van der Waals surface area contributed by atoms with E-state index in [1.54, 1.807) is 18.5 Å². The van der Waals surface area contributed by atoms with E-state index in [4.69, 9.17) is 0 Å². The number of hydrogen-bond acceptors (Lipinski definition) is 4. The summed E-state index contributed by atoms with van der Waals surface area (Å²) in [6.07, 6.45) is 4.42. The average molecular weight is 304 g/mol. The smallest absolute Gasteiger partial charge is 0.160 e. The first-order valence-corrected chi connectivity index (χ1v) is 7.34. The van der Waals surface area contributed by atoms with Crippen LogP contribution in [0.25, 0.3) is 0 Å². The Hall–Kier alpha value is -2.24. The van der Waals surface area contributed by atoms with Crippen molar-refractivity contribution in [1.82, 2.24) is 9.97 Å². The van der Waals surface area contributed by atoms with Crippen LogP contribution in [-0.4, -0.2) is 29.6 Å². The van der Waals surface area contributed by atoms with E-state index in [2.05, 4.69) is 20.2 Å². The molecule has 1 fully saturated rings. The van der Waals surface area contributed by atoms with Crippen LogP contribution in [0.15, 0.2) is 30.6 Å². The van der Waals surface area contributed by atoms with Crippen molar-refractivity contribution in [2.75, 3.05) is 29.9 Å². The SMILES string of the molecule is Cc1cncc(NCC2CCN(c3ccc(F)c(F)c3)C2)n1. The summed E-state index contributed by atoms with van der Waals surface area (Å²) < 4.78 is 26.3. The third-order valence-electron chi connectivity index (χ3n) is 3.88. The second-order valence-corrected chi connectivity index (χ2v) is 5.63. The Kier molecular flexibility index (Phi) is 4.18. The standard InChI is InChI=1S/C16H18F2N4/c1-11-7-19-9-16(21-11)20-8-12-4-5-22(10-12)13-2-3-14(17)15(18)6-13/h2-3,6-7,9,12H,4-5,8,10H2,1H3,(H,20,21). The molecule has 1 saturated heterocycles. The van der Waals surface area contributed by atoms with Crippen molar-refractivity contribution in [2.24, 2.45) is 5.92 Å². The molecule has 116 valence electrons. The van der Waals surface area contributed by atoms with Crippen LogP contribution in [-0.2, 0) is 0 Å². The topological polar surface area (TPSA) is 41.1 Å². The van der Waals surface area contributed by atoms with Crippen molar-refractivity contribution >= 4 is 11.5 Å². The van der Waals surface area contributed by atoms with Gasteiger partial charge in [0.05, 0.1) is 11.9 Å². The van der Waals surface area contributed by atoms with Gasteiger partial charge < -0.3 is 10.2 Å². The van der Waals surface area contributed by atoms with Crippen molar-refractivity contribution in [3.63, 3.8) is 0 Å². The summed E-state index contributed by atoms with van der Waals surface area (Å²) in [5, 5.41) is 3.29. The fourth-order valence-electron chi connectivity index (χ4n) is 2.71. The van der Waals surface area contributed by atoms with Crippen molar-refractivity contribution < 1.29 is 8.78 Å². The molecule has 1 N–H and O–H groups in total. The van der Waals surface area contributed by atoms with Gasteiger partial charge in [-0.2, -0.15) is 0 Å². The summed E-state index contributed by atoms with van der Waals surface area (Å²) in [4.78, 5) is 10.5. The van der Waals surface area contributed by atoms with Crippen LogP contribution in [0, 0.1) is 24.5 Å². The van der Waals surface area contributed by atoms with E-state index in [1.165, 1.54) is 12.1 Å². The van der Waals surface area contributed by atoms with Crippen LogP contribution in [0.1, 0.15) is 12.1 Å². The number of hydrogen-bond donors (Lipinski definition) is 1. The van der Waals surface area contributed by atoms with E-state index in [0.29, 0.717) is 5.92 Å². The minimum atomic E-state index is -0.806. The zero-order valence-electron chi connectivity index (χ0n) is 12.4. The average Bonchev–Trinajstić information content (AvgIpc) is 2.97. The molecule has 1 aromatic heterocycles. The van der Waals surface area contributed by atoms with E-state index in [1.807, 2.05) is 6.92 Å². The molecule has 4 nitrogen and oxygen atoms in total. The van der Waals surface area contributed by atoms with Gasteiger partial charge in [-0.15, -0.1) is 0 Å². The fraction of sp³-hybridized carbons (Fsp3) is 0.375. The van der Waals surface area contributed by atoms with E-state index in [-0.39, 0.29) is 0 Å². The van der Waals surface area contributed by atoms with Crippen molar-refractivity contribution in [3.8, 4) is 0 Å². The Balaban J connectivity index is 1.57. The monoisotopic (exact) mass is 304 g/mol. The summed E-state index contributed by atoms with van der Waals surface area (Å²) in [6.45, 7) is 4.35. The van der Waals surface area contributed by atoms with Crippen LogP contribution in [0.5, 0.6) is 0 Å². The highest BCUT2D eigenvalue weighted by atomic mass is 19.2. The zero-order chi connectivity index (χ0) is 15.5. The molecule has 0 bridgehead atoms. The first kappa shape index (κ1) is 14.7. The first-order chi connectivity index (χ1) is 10.6. The molecule has 0 spiro atoms. The largest absolute Gasteiger partial charge is 0.371 e. The van der Waals surface area contributed by atoms with Gasteiger partial charge in [0.1, 0.15) is 5.82 Å². The molecule has 1 unspecified atom stereocenters.